The number of hydrogen-bond donors (Lipinski definition) is 2. The number of amides is 1. The highest BCUT2D eigenvalue weighted by Crippen LogP contribution is 2.36. The van der Waals surface area contributed by atoms with Crippen molar-refractivity contribution >= 4 is 17.3 Å². The summed E-state index contributed by atoms with van der Waals surface area (Å²) in [6, 6.07) is 3.32. The van der Waals surface area contributed by atoms with Gasteiger partial charge in [0.05, 0.1) is 23.3 Å². The van der Waals surface area contributed by atoms with Crippen LogP contribution in [0.3, 0.4) is 0 Å². The molecule has 1 heterocycles. The maximum absolute atomic E-state index is 13.0. The van der Waals surface area contributed by atoms with E-state index in [2.05, 4.69) is 5.32 Å². The zero-order chi connectivity index (χ0) is 15.6. The molecule has 1 aliphatic heterocycles. The van der Waals surface area contributed by atoms with Crippen LogP contribution < -0.4 is 11.1 Å². The molecule has 2 rings (SSSR count). The molecular formula is C14H17F3N2O2. The molecule has 4 nitrogen and oxygen atoms in total. The van der Waals surface area contributed by atoms with E-state index in [1.165, 1.54) is 12.1 Å². The van der Waals surface area contributed by atoms with Gasteiger partial charge in [0, 0.05) is 12.3 Å². The van der Waals surface area contributed by atoms with Gasteiger partial charge in [0.25, 0.3) is 0 Å². The third-order valence-electron chi connectivity index (χ3n) is 3.56. The fourth-order valence-electron chi connectivity index (χ4n) is 2.48. The quantitative estimate of drug-likeness (QED) is 0.844. The van der Waals surface area contributed by atoms with Crippen molar-refractivity contribution in [1.29, 1.82) is 0 Å². The van der Waals surface area contributed by atoms with Crippen LogP contribution in [0.1, 0.15) is 25.3 Å². The van der Waals surface area contributed by atoms with Gasteiger partial charge in [0.1, 0.15) is 0 Å². The number of alkyl halides is 3. The number of rotatable bonds is 3. The number of hydrogen-bond acceptors (Lipinski definition) is 3. The Labute approximate surface area is 120 Å². The minimum absolute atomic E-state index is 0.00374. The Balaban J connectivity index is 2.21. The zero-order valence-electron chi connectivity index (χ0n) is 11.5. The van der Waals surface area contributed by atoms with Crippen LogP contribution in [0.2, 0.25) is 0 Å². The van der Waals surface area contributed by atoms with Crippen LogP contribution in [-0.4, -0.2) is 18.6 Å². The van der Waals surface area contributed by atoms with E-state index in [9.17, 15) is 18.0 Å². The maximum Gasteiger partial charge on any atom is 0.418 e. The molecule has 21 heavy (non-hydrogen) atoms. The first-order valence-electron chi connectivity index (χ1n) is 6.72. The van der Waals surface area contributed by atoms with Crippen molar-refractivity contribution in [2.24, 2.45) is 5.92 Å². The molecule has 1 amide bonds. The van der Waals surface area contributed by atoms with Crippen molar-refractivity contribution < 1.29 is 22.7 Å². The normalized spacial score (nSPS) is 22.3. The molecule has 0 bridgehead atoms. The van der Waals surface area contributed by atoms with Crippen LogP contribution in [0.5, 0.6) is 0 Å². The third-order valence-corrected chi connectivity index (χ3v) is 3.56. The molecule has 3 N–H and O–H groups in total. The summed E-state index contributed by atoms with van der Waals surface area (Å²) in [4.78, 5) is 12.2. The molecule has 1 saturated heterocycles. The zero-order valence-corrected chi connectivity index (χ0v) is 11.5. The summed E-state index contributed by atoms with van der Waals surface area (Å²) >= 11 is 0. The monoisotopic (exact) mass is 302 g/mol. The molecule has 0 aromatic heterocycles. The lowest BCUT2D eigenvalue weighted by molar-refractivity contribution is -0.137. The summed E-state index contributed by atoms with van der Waals surface area (Å²) in [6.07, 6.45) is -3.66. The molecule has 1 aliphatic rings. The van der Waals surface area contributed by atoms with Crippen molar-refractivity contribution in [3.63, 3.8) is 0 Å². The Morgan fingerprint density at radius 3 is 2.81 bits per heavy atom. The Morgan fingerprint density at radius 1 is 1.48 bits per heavy atom. The number of benzene rings is 1. The number of nitrogens with one attached hydrogen (secondary N) is 1. The molecule has 0 aliphatic carbocycles. The highest BCUT2D eigenvalue weighted by molar-refractivity contribution is 5.94. The lowest BCUT2D eigenvalue weighted by Crippen LogP contribution is -2.30. The highest BCUT2D eigenvalue weighted by atomic mass is 19.4. The minimum Gasteiger partial charge on any atom is -0.399 e. The van der Waals surface area contributed by atoms with E-state index in [4.69, 9.17) is 10.5 Å². The number of nitrogen functional groups attached to an aromatic ring is 1. The number of ether oxygens (including phenoxy) is 1. The SMILES string of the molecule is CCC1OCCC1C(=O)Nc1ccc(N)cc1C(F)(F)F. The van der Waals surface area contributed by atoms with E-state index < -0.39 is 23.6 Å². The average molecular weight is 302 g/mol. The smallest absolute Gasteiger partial charge is 0.399 e. The van der Waals surface area contributed by atoms with E-state index >= 15 is 0 Å². The van der Waals surface area contributed by atoms with Crippen LogP contribution in [0.4, 0.5) is 24.5 Å². The topological polar surface area (TPSA) is 64.3 Å². The summed E-state index contributed by atoms with van der Waals surface area (Å²) in [5.41, 5.74) is 4.17. The second-order valence-electron chi connectivity index (χ2n) is 5.00. The van der Waals surface area contributed by atoms with Gasteiger partial charge in [0.15, 0.2) is 0 Å². The first-order valence-corrected chi connectivity index (χ1v) is 6.72. The molecule has 0 saturated carbocycles. The summed E-state index contributed by atoms with van der Waals surface area (Å²) < 4.78 is 44.3. The minimum atomic E-state index is -4.58. The fourth-order valence-corrected chi connectivity index (χ4v) is 2.48. The average Bonchev–Trinajstić information content (AvgIpc) is 2.88. The van der Waals surface area contributed by atoms with Crippen LogP contribution in [0, 0.1) is 5.92 Å². The predicted molar refractivity (Wildman–Crippen MR) is 72.6 cm³/mol. The molecule has 1 aromatic carbocycles. The Bertz CT molecular complexity index is 531. The van der Waals surface area contributed by atoms with Crippen LogP contribution in [-0.2, 0) is 15.7 Å². The van der Waals surface area contributed by atoms with Crippen LogP contribution in [0.15, 0.2) is 18.2 Å². The van der Waals surface area contributed by atoms with Crippen molar-refractivity contribution in [1.82, 2.24) is 0 Å². The molecule has 0 spiro atoms. The second-order valence-corrected chi connectivity index (χ2v) is 5.00. The van der Waals surface area contributed by atoms with Crippen molar-refractivity contribution in [3.8, 4) is 0 Å². The molecule has 1 fully saturated rings. The van der Waals surface area contributed by atoms with E-state index in [1.807, 2.05) is 6.92 Å². The lowest BCUT2D eigenvalue weighted by Gasteiger charge is -2.19. The summed E-state index contributed by atoms with van der Waals surface area (Å²) in [7, 11) is 0. The first-order chi connectivity index (χ1) is 9.82. The number of halogens is 3. The van der Waals surface area contributed by atoms with Gasteiger partial charge in [-0.15, -0.1) is 0 Å². The van der Waals surface area contributed by atoms with Crippen LogP contribution in [0.25, 0.3) is 0 Å². The largest absolute Gasteiger partial charge is 0.418 e. The van der Waals surface area contributed by atoms with E-state index in [0.717, 1.165) is 6.07 Å². The van der Waals surface area contributed by atoms with Crippen molar-refractivity contribution in [2.75, 3.05) is 17.7 Å². The first kappa shape index (κ1) is 15.6. The van der Waals surface area contributed by atoms with E-state index in [0.29, 0.717) is 19.4 Å². The summed E-state index contributed by atoms with van der Waals surface area (Å²) in [5.74, 6) is -0.872. The van der Waals surface area contributed by atoms with Crippen LogP contribution >= 0.6 is 0 Å². The summed E-state index contributed by atoms with van der Waals surface area (Å²) in [5, 5.41) is 2.36. The number of carbonyl (C=O) groups excluding carboxylic acids is 1. The van der Waals surface area contributed by atoms with Gasteiger partial charge in [-0.2, -0.15) is 13.2 Å². The number of nitrogens with two attached hydrogens (primary N) is 1. The summed E-state index contributed by atoms with van der Waals surface area (Å²) in [6.45, 7) is 2.32. The number of anilines is 2. The molecule has 116 valence electrons. The molecule has 1 aromatic rings. The Morgan fingerprint density at radius 2 is 2.19 bits per heavy atom. The van der Waals surface area contributed by atoms with Gasteiger partial charge in [-0.1, -0.05) is 6.92 Å². The number of carbonyl (C=O) groups is 1. The predicted octanol–water partition coefficient (Wildman–Crippen LogP) is 3.04. The Kier molecular flexibility index (Phi) is 4.41. The molecular weight excluding hydrogens is 285 g/mol. The van der Waals surface area contributed by atoms with Gasteiger partial charge in [0.2, 0.25) is 5.91 Å². The van der Waals surface area contributed by atoms with Gasteiger partial charge in [-0.3, -0.25) is 4.79 Å². The standard InChI is InChI=1S/C14H17F3N2O2/c1-2-12-9(5-6-21-12)13(20)19-11-4-3-8(18)7-10(11)14(15,16)17/h3-4,7,9,12H,2,5-6,18H2,1H3,(H,19,20). The molecule has 2 atom stereocenters. The van der Waals surface area contributed by atoms with Crippen molar-refractivity contribution in [3.05, 3.63) is 23.8 Å². The van der Waals surface area contributed by atoms with E-state index in [1.54, 1.807) is 0 Å². The maximum atomic E-state index is 13.0. The van der Waals surface area contributed by atoms with Gasteiger partial charge in [-0.05, 0) is 31.0 Å². The third kappa shape index (κ3) is 3.47. The Hall–Kier alpha value is -1.76. The van der Waals surface area contributed by atoms with Gasteiger partial charge in [-0.25, -0.2) is 0 Å². The highest BCUT2D eigenvalue weighted by Gasteiger charge is 2.36. The molecule has 7 heteroatoms. The van der Waals surface area contributed by atoms with Crippen molar-refractivity contribution in [2.45, 2.75) is 32.0 Å². The lowest BCUT2D eigenvalue weighted by atomic mass is 9.98. The van der Waals surface area contributed by atoms with Gasteiger partial charge >= 0.3 is 6.18 Å². The fraction of sp³-hybridized carbons (Fsp3) is 0.500. The van der Waals surface area contributed by atoms with E-state index in [-0.39, 0.29) is 17.5 Å². The second kappa shape index (κ2) is 5.93. The molecule has 0 radical (unpaired) electrons. The van der Waals surface area contributed by atoms with Gasteiger partial charge < -0.3 is 15.8 Å². The molecule has 2 unspecified atom stereocenters.